The molecule has 3 heteroatoms. The summed E-state index contributed by atoms with van der Waals surface area (Å²) < 4.78 is 0. The molecule has 3 nitrogen and oxygen atoms in total. The van der Waals surface area contributed by atoms with Gasteiger partial charge in [0.05, 0.1) is 0 Å². The smallest absolute Gasteiger partial charge is 0.135 e. The van der Waals surface area contributed by atoms with E-state index in [0.717, 1.165) is 42.3 Å². The van der Waals surface area contributed by atoms with E-state index < -0.39 is 0 Å². The van der Waals surface area contributed by atoms with Crippen molar-refractivity contribution in [3.63, 3.8) is 0 Å². The van der Waals surface area contributed by atoms with Crippen molar-refractivity contribution in [1.29, 1.82) is 0 Å². The largest absolute Gasteiger partial charge is 0.370 e. The van der Waals surface area contributed by atoms with E-state index in [2.05, 4.69) is 60.3 Å². The molecule has 1 aromatic heterocycles. The van der Waals surface area contributed by atoms with Gasteiger partial charge in [0.15, 0.2) is 0 Å². The van der Waals surface area contributed by atoms with Crippen LogP contribution in [0, 0.1) is 20.8 Å². The summed E-state index contributed by atoms with van der Waals surface area (Å²) in [6, 6.07) is 8.55. The number of benzene rings is 1. The molecule has 20 heavy (non-hydrogen) atoms. The number of nitrogens with one attached hydrogen (secondary N) is 1. The molecular weight excluding hydrogens is 246 g/mol. The fraction of sp³-hybridized carbons (Fsp3) is 0.412. The summed E-state index contributed by atoms with van der Waals surface area (Å²) in [5.41, 5.74) is 4.73. The van der Waals surface area contributed by atoms with Gasteiger partial charge in [0.25, 0.3) is 0 Å². The van der Waals surface area contributed by atoms with Gasteiger partial charge in [0, 0.05) is 24.2 Å². The highest BCUT2D eigenvalue weighted by molar-refractivity contribution is 5.45. The lowest BCUT2D eigenvalue weighted by Crippen LogP contribution is -2.09. The monoisotopic (exact) mass is 269 g/mol. The number of aryl methyl sites for hydroxylation is 2. The minimum Gasteiger partial charge on any atom is -0.370 e. The van der Waals surface area contributed by atoms with E-state index in [0.29, 0.717) is 0 Å². The molecule has 0 aliphatic carbocycles. The summed E-state index contributed by atoms with van der Waals surface area (Å²) in [5.74, 6) is 1.86. The molecule has 0 aliphatic rings. The van der Waals surface area contributed by atoms with Gasteiger partial charge in [0.2, 0.25) is 0 Å². The van der Waals surface area contributed by atoms with Crippen molar-refractivity contribution in [3.8, 4) is 0 Å². The molecule has 1 heterocycles. The van der Waals surface area contributed by atoms with Crippen molar-refractivity contribution >= 4 is 5.82 Å². The van der Waals surface area contributed by atoms with E-state index in [1.807, 2.05) is 6.92 Å². The zero-order chi connectivity index (χ0) is 14.5. The molecule has 0 saturated heterocycles. The molecule has 2 aromatic rings. The number of nitrogens with zero attached hydrogens (tertiary/aromatic N) is 2. The lowest BCUT2D eigenvalue weighted by atomic mass is 10.1. The van der Waals surface area contributed by atoms with E-state index in [1.165, 1.54) is 11.1 Å². The minimum absolute atomic E-state index is 0.780. The van der Waals surface area contributed by atoms with Crippen LogP contribution in [0.25, 0.3) is 0 Å². The van der Waals surface area contributed by atoms with Crippen LogP contribution < -0.4 is 5.32 Å². The summed E-state index contributed by atoms with van der Waals surface area (Å²) in [7, 11) is 0. The third kappa shape index (κ3) is 3.56. The predicted molar refractivity (Wildman–Crippen MR) is 84.3 cm³/mol. The first-order valence-corrected chi connectivity index (χ1v) is 7.23. The molecule has 0 bridgehead atoms. The van der Waals surface area contributed by atoms with E-state index in [4.69, 9.17) is 0 Å². The first-order chi connectivity index (χ1) is 9.60. The van der Waals surface area contributed by atoms with Crippen LogP contribution in [0.4, 0.5) is 5.82 Å². The summed E-state index contributed by atoms with van der Waals surface area (Å²) in [6.45, 7) is 9.32. The molecule has 0 fully saturated rings. The molecule has 0 saturated carbocycles. The molecule has 0 radical (unpaired) electrons. The first-order valence-electron chi connectivity index (χ1n) is 7.23. The van der Waals surface area contributed by atoms with Crippen LogP contribution in [0.5, 0.6) is 0 Å². The zero-order valence-corrected chi connectivity index (χ0v) is 12.8. The van der Waals surface area contributed by atoms with Crippen LogP contribution in [0.3, 0.4) is 0 Å². The topological polar surface area (TPSA) is 37.8 Å². The summed E-state index contributed by atoms with van der Waals surface area (Å²) in [5, 5.41) is 3.39. The van der Waals surface area contributed by atoms with Gasteiger partial charge in [-0.3, -0.25) is 0 Å². The second kappa shape index (κ2) is 6.51. The van der Waals surface area contributed by atoms with Gasteiger partial charge >= 0.3 is 0 Å². The van der Waals surface area contributed by atoms with Crippen molar-refractivity contribution in [2.45, 2.75) is 40.5 Å². The first kappa shape index (κ1) is 14.5. The molecule has 0 atom stereocenters. The Morgan fingerprint density at radius 3 is 2.35 bits per heavy atom. The van der Waals surface area contributed by atoms with Crippen LogP contribution >= 0.6 is 0 Å². The predicted octanol–water partition coefficient (Wildman–Crippen LogP) is 3.81. The van der Waals surface area contributed by atoms with Gasteiger partial charge in [-0.2, -0.15) is 0 Å². The number of hydrogen-bond acceptors (Lipinski definition) is 3. The van der Waals surface area contributed by atoms with Crippen molar-refractivity contribution in [2.24, 2.45) is 0 Å². The minimum atomic E-state index is 0.780. The summed E-state index contributed by atoms with van der Waals surface area (Å²) in [4.78, 5) is 9.27. The molecule has 0 amide bonds. The van der Waals surface area contributed by atoms with Crippen LogP contribution in [0.2, 0.25) is 0 Å². The number of aromatic nitrogens is 2. The van der Waals surface area contributed by atoms with Gasteiger partial charge in [-0.15, -0.1) is 0 Å². The average Bonchev–Trinajstić information content (AvgIpc) is 2.43. The molecule has 106 valence electrons. The lowest BCUT2D eigenvalue weighted by Gasteiger charge is -2.12. The Balaban J connectivity index is 2.23. The van der Waals surface area contributed by atoms with Crippen LogP contribution in [0.1, 0.15) is 41.6 Å². The Hall–Kier alpha value is -1.90. The van der Waals surface area contributed by atoms with Crippen LogP contribution in [-0.4, -0.2) is 16.5 Å². The lowest BCUT2D eigenvalue weighted by molar-refractivity contribution is 0.904. The van der Waals surface area contributed by atoms with Gasteiger partial charge < -0.3 is 5.32 Å². The molecule has 0 aliphatic heterocycles. The van der Waals surface area contributed by atoms with Crippen molar-refractivity contribution in [3.05, 3.63) is 52.5 Å². The Morgan fingerprint density at radius 1 is 1.00 bits per heavy atom. The van der Waals surface area contributed by atoms with E-state index in [9.17, 15) is 0 Å². The van der Waals surface area contributed by atoms with Gasteiger partial charge in [-0.1, -0.05) is 36.8 Å². The van der Waals surface area contributed by atoms with Gasteiger partial charge in [-0.25, -0.2) is 9.97 Å². The summed E-state index contributed by atoms with van der Waals surface area (Å²) >= 11 is 0. The molecule has 1 N–H and O–H groups in total. The SMILES string of the molecule is CCCNc1nc(Cc2ccc(C)cc2)nc(C)c1C. The molecule has 2 rings (SSSR count). The van der Waals surface area contributed by atoms with Gasteiger partial charge in [0.1, 0.15) is 11.6 Å². The average molecular weight is 269 g/mol. The van der Waals surface area contributed by atoms with Crippen LogP contribution in [0.15, 0.2) is 24.3 Å². The Labute approximate surface area is 121 Å². The fourth-order valence-corrected chi connectivity index (χ4v) is 2.07. The number of anilines is 1. The molecule has 0 spiro atoms. The van der Waals surface area contributed by atoms with Crippen LogP contribution in [-0.2, 0) is 6.42 Å². The summed E-state index contributed by atoms with van der Waals surface area (Å²) in [6.07, 6.45) is 1.87. The third-order valence-electron chi connectivity index (χ3n) is 3.46. The highest BCUT2D eigenvalue weighted by Crippen LogP contribution is 2.16. The number of rotatable bonds is 5. The Kier molecular flexibility index (Phi) is 4.72. The van der Waals surface area contributed by atoms with E-state index in [-0.39, 0.29) is 0 Å². The van der Waals surface area contributed by atoms with Gasteiger partial charge in [-0.05, 0) is 32.8 Å². The highest BCUT2D eigenvalue weighted by atomic mass is 15.0. The second-order valence-corrected chi connectivity index (χ2v) is 5.29. The van der Waals surface area contributed by atoms with Crippen molar-refractivity contribution in [1.82, 2.24) is 9.97 Å². The quantitative estimate of drug-likeness (QED) is 0.896. The van der Waals surface area contributed by atoms with E-state index >= 15 is 0 Å². The second-order valence-electron chi connectivity index (χ2n) is 5.29. The van der Waals surface area contributed by atoms with Crippen molar-refractivity contribution < 1.29 is 0 Å². The highest BCUT2D eigenvalue weighted by Gasteiger charge is 2.08. The standard InChI is InChI=1S/C17H23N3/c1-5-10-18-17-13(3)14(4)19-16(20-17)11-15-8-6-12(2)7-9-15/h6-9H,5,10-11H2,1-4H3,(H,18,19,20). The molecule has 0 unspecified atom stereocenters. The normalized spacial score (nSPS) is 10.6. The molecule has 1 aromatic carbocycles. The maximum Gasteiger partial charge on any atom is 0.135 e. The maximum atomic E-state index is 4.67. The fourth-order valence-electron chi connectivity index (χ4n) is 2.07. The number of hydrogen-bond donors (Lipinski definition) is 1. The van der Waals surface area contributed by atoms with Crippen molar-refractivity contribution in [2.75, 3.05) is 11.9 Å². The molecular formula is C17H23N3. The maximum absolute atomic E-state index is 4.67. The van der Waals surface area contributed by atoms with E-state index in [1.54, 1.807) is 0 Å². The Bertz CT molecular complexity index is 574. The zero-order valence-electron chi connectivity index (χ0n) is 12.8. The third-order valence-corrected chi connectivity index (χ3v) is 3.46. The Morgan fingerprint density at radius 2 is 1.70 bits per heavy atom.